The normalized spacial score (nSPS) is 17.2. The fourth-order valence-corrected chi connectivity index (χ4v) is 1.79. The summed E-state index contributed by atoms with van der Waals surface area (Å²) in [6, 6.07) is 0. The van der Waals surface area contributed by atoms with Gasteiger partial charge < -0.3 is 9.84 Å². The molecule has 1 unspecified atom stereocenters. The smallest absolute Gasteiger partial charge is 0.324 e. The first-order valence-corrected chi connectivity index (χ1v) is 6.15. The molecule has 0 spiro atoms. The van der Waals surface area contributed by atoms with Crippen LogP contribution < -0.4 is 0 Å². The molecule has 3 nitrogen and oxygen atoms in total. The van der Waals surface area contributed by atoms with E-state index in [1.807, 2.05) is 13.2 Å². The number of carbonyl (C=O) groups is 1. The monoisotopic (exact) mass is 220 g/mol. The Hall–Kier alpha value is -0.220. The number of hydrogen-bond donors (Lipinski definition) is 1. The Morgan fingerprint density at radius 2 is 2.14 bits per heavy atom. The van der Waals surface area contributed by atoms with Crippen molar-refractivity contribution in [3.05, 3.63) is 0 Å². The zero-order valence-corrected chi connectivity index (χ0v) is 10.2. The Morgan fingerprint density at radius 3 is 2.50 bits per heavy atom. The highest BCUT2D eigenvalue weighted by molar-refractivity contribution is 8.00. The van der Waals surface area contributed by atoms with E-state index in [9.17, 15) is 9.90 Å². The van der Waals surface area contributed by atoms with Crippen LogP contribution in [0.2, 0.25) is 0 Å². The minimum absolute atomic E-state index is 0.326. The lowest BCUT2D eigenvalue weighted by atomic mass is 10.00. The molecule has 0 aliphatic carbocycles. The van der Waals surface area contributed by atoms with Crippen molar-refractivity contribution >= 4 is 17.7 Å². The molecule has 0 radical (unpaired) electrons. The molecule has 2 atom stereocenters. The van der Waals surface area contributed by atoms with E-state index >= 15 is 0 Å². The second kappa shape index (κ2) is 6.30. The Labute approximate surface area is 90.2 Å². The molecule has 0 amide bonds. The first kappa shape index (κ1) is 13.8. The van der Waals surface area contributed by atoms with Crippen LogP contribution in [0.4, 0.5) is 0 Å². The van der Waals surface area contributed by atoms with Crippen molar-refractivity contribution in [1.82, 2.24) is 0 Å². The molecule has 0 aromatic carbocycles. The number of thioether (sulfide) groups is 1. The number of aliphatic hydroxyl groups is 1. The van der Waals surface area contributed by atoms with Crippen LogP contribution in [0.5, 0.6) is 0 Å². The predicted molar refractivity (Wildman–Crippen MR) is 59.5 cm³/mol. The van der Waals surface area contributed by atoms with Crippen molar-refractivity contribution in [2.24, 2.45) is 0 Å². The summed E-state index contributed by atoms with van der Waals surface area (Å²) in [6.07, 6.45) is 2.66. The molecule has 4 heteroatoms. The molecule has 0 bridgehead atoms. The summed E-state index contributed by atoms with van der Waals surface area (Å²) in [5.74, 6) is -0.326. The van der Waals surface area contributed by atoms with Crippen molar-refractivity contribution in [3.63, 3.8) is 0 Å². The van der Waals surface area contributed by atoms with Crippen LogP contribution in [0, 0.1) is 0 Å². The van der Waals surface area contributed by atoms with Crippen LogP contribution in [0.25, 0.3) is 0 Å². The van der Waals surface area contributed by atoms with Gasteiger partial charge in [0, 0.05) is 0 Å². The zero-order valence-electron chi connectivity index (χ0n) is 9.37. The lowest BCUT2D eigenvalue weighted by Crippen LogP contribution is -2.44. The molecule has 1 N–H and O–H groups in total. The average molecular weight is 220 g/mol. The number of aliphatic hydroxyl groups excluding tert-OH is 1. The highest BCUT2D eigenvalue weighted by Crippen LogP contribution is 2.30. The molecule has 84 valence electrons. The summed E-state index contributed by atoms with van der Waals surface area (Å²) in [6.45, 7) is 5.84. The zero-order chi connectivity index (χ0) is 11.2. The third-order valence-electron chi connectivity index (χ3n) is 2.30. The lowest BCUT2D eigenvalue weighted by Gasteiger charge is -2.30. The van der Waals surface area contributed by atoms with Crippen LogP contribution in [-0.4, -0.2) is 34.8 Å². The maximum Gasteiger partial charge on any atom is 0.324 e. The van der Waals surface area contributed by atoms with E-state index in [4.69, 9.17) is 4.74 Å². The van der Waals surface area contributed by atoms with Gasteiger partial charge in [0.1, 0.15) is 4.75 Å². The largest absolute Gasteiger partial charge is 0.465 e. The van der Waals surface area contributed by atoms with Gasteiger partial charge in [0.05, 0.1) is 12.7 Å². The minimum atomic E-state index is -0.827. The van der Waals surface area contributed by atoms with Gasteiger partial charge in [0.2, 0.25) is 0 Å². The number of rotatable bonds is 6. The van der Waals surface area contributed by atoms with Crippen LogP contribution in [0.15, 0.2) is 0 Å². The topological polar surface area (TPSA) is 46.5 Å². The van der Waals surface area contributed by atoms with Crippen molar-refractivity contribution in [2.75, 3.05) is 12.9 Å². The Bertz CT molecular complexity index is 184. The quantitative estimate of drug-likeness (QED) is 0.694. The van der Waals surface area contributed by atoms with Crippen molar-refractivity contribution in [1.29, 1.82) is 0 Å². The summed E-state index contributed by atoms with van der Waals surface area (Å²) in [7, 11) is 0. The van der Waals surface area contributed by atoms with E-state index in [1.165, 1.54) is 11.8 Å². The maximum atomic E-state index is 11.6. The predicted octanol–water partition coefficient (Wildman–Crippen LogP) is 1.83. The molecule has 0 aromatic heterocycles. The van der Waals surface area contributed by atoms with E-state index in [0.717, 1.165) is 6.42 Å². The molecule has 0 aromatic rings. The van der Waals surface area contributed by atoms with E-state index in [1.54, 1.807) is 13.8 Å². The van der Waals surface area contributed by atoms with E-state index in [0.29, 0.717) is 13.0 Å². The molecule has 0 rings (SSSR count). The first-order chi connectivity index (χ1) is 6.52. The fourth-order valence-electron chi connectivity index (χ4n) is 1.18. The van der Waals surface area contributed by atoms with Crippen molar-refractivity contribution in [3.8, 4) is 0 Å². The Morgan fingerprint density at radius 1 is 1.57 bits per heavy atom. The lowest BCUT2D eigenvalue weighted by molar-refractivity contribution is -0.148. The van der Waals surface area contributed by atoms with Gasteiger partial charge in [-0.15, -0.1) is 11.8 Å². The van der Waals surface area contributed by atoms with Gasteiger partial charge in [-0.3, -0.25) is 4.79 Å². The first-order valence-electron chi connectivity index (χ1n) is 4.93. The van der Waals surface area contributed by atoms with Crippen molar-refractivity contribution in [2.45, 2.75) is 44.5 Å². The second-order valence-electron chi connectivity index (χ2n) is 3.34. The summed E-state index contributed by atoms with van der Waals surface area (Å²) < 4.78 is 4.12. The average Bonchev–Trinajstić information content (AvgIpc) is 2.17. The highest BCUT2D eigenvalue weighted by Gasteiger charge is 2.40. The maximum absolute atomic E-state index is 11.6. The van der Waals surface area contributed by atoms with E-state index < -0.39 is 10.9 Å². The van der Waals surface area contributed by atoms with Gasteiger partial charge in [-0.05, 0) is 26.5 Å². The summed E-state index contributed by atoms with van der Waals surface area (Å²) in [5.41, 5.74) is 0. The number of esters is 1. The molecular formula is C10H20O3S. The van der Waals surface area contributed by atoms with Crippen molar-refractivity contribution < 1.29 is 14.6 Å². The molecule has 0 saturated carbocycles. The molecular weight excluding hydrogens is 200 g/mol. The number of hydrogen-bond acceptors (Lipinski definition) is 4. The third-order valence-corrected chi connectivity index (χ3v) is 3.59. The van der Waals surface area contributed by atoms with Gasteiger partial charge in [0.25, 0.3) is 0 Å². The molecule has 0 heterocycles. The standard InChI is InChI=1S/C10H20O3S/c1-5-7-8(11)10(3,14-4)9(12)13-6-2/h8,11H,5-7H2,1-4H3/t8-,10?/m1/s1. The van der Waals surface area contributed by atoms with Gasteiger partial charge in [0.15, 0.2) is 0 Å². The van der Waals surface area contributed by atoms with Gasteiger partial charge in [-0.25, -0.2) is 0 Å². The van der Waals surface area contributed by atoms with Crippen LogP contribution >= 0.6 is 11.8 Å². The summed E-state index contributed by atoms with van der Waals surface area (Å²) in [5, 5.41) is 9.84. The van der Waals surface area contributed by atoms with Crippen LogP contribution in [0.1, 0.15) is 33.6 Å². The second-order valence-corrected chi connectivity index (χ2v) is 4.59. The minimum Gasteiger partial charge on any atom is -0.465 e. The van der Waals surface area contributed by atoms with Gasteiger partial charge in [-0.2, -0.15) is 0 Å². The van der Waals surface area contributed by atoms with Gasteiger partial charge in [-0.1, -0.05) is 13.3 Å². The Kier molecular flexibility index (Phi) is 6.20. The number of carbonyl (C=O) groups excluding carboxylic acids is 1. The van der Waals surface area contributed by atoms with E-state index in [2.05, 4.69) is 0 Å². The molecule has 0 saturated heterocycles. The van der Waals surface area contributed by atoms with Crippen LogP contribution in [-0.2, 0) is 9.53 Å². The van der Waals surface area contributed by atoms with Crippen LogP contribution in [0.3, 0.4) is 0 Å². The summed E-state index contributed by atoms with van der Waals surface area (Å²) >= 11 is 1.34. The highest BCUT2D eigenvalue weighted by atomic mass is 32.2. The van der Waals surface area contributed by atoms with E-state index in [-0.39, 0.29) is 5.97 Å². The SMILES string of the molecule is CCC[C@@H](O)C(C)(SC)C(=O)OCC. The fraction of sp³-hybridized carbons (Fsp3) is 0.900. The molecule has 0 fully saturated rings. The number of ether oxygens (including phenoxy) is 1. The molecule has 14 heavy (non-hydrogen) atoms. The summed E-state index contributed by atoms with van der Waals surface area (Å²) in [4.78, 5) is 11.6. The third kappa shape index (κ3) is 3.17. The Balaban J connectivity index is 4.51. The molecule has 0 aliphatic rings. The van der Waals surface area contributed by atoms with Gasteiger partial charge >= 0.3 is 5.97 Å². The molecule has 0 aliphatic heterocycles.